The van der Waals surface area contributed by atoms with Crippen molar-refractivity contribution in [3.63, 3.8) is 0 Å². The zero-order valence-corrected chi connectivity index (χ0v) is 6.70. The first-order chi connectivity index (χ1) is 2.45. The van der Waals surface area contributed by atoms with Crippen LogP contribution in [0.1, 0.15) is 0 Å². The fraction of sp³-hybridized carbons (Fsp3) is 0. The van der Waals surface area contributed by atoms with Crippen LogP contribution < -0.4 is 0 Å². The summed E-state index contributed by atoms with van der Waals surface area (Å²) in [6, 6.07) is 0. The monoisotopic (exact) mass is 332 g/mol. The second kappa shape index (κ2) is 1.39. The van der Waals surface area contributed by atoms with Gasteiger partial charge in [-0.1, -0.05) is 0 Å². The fourth-order valence-corrected chi connectivity index (χ4v) is 0. The van der Waals surface area contributed by atoms with E-state index in [2.05, 4.69) is 0 Å². The minimum absolute atomic E-state index is 0. The van der Waals surface area contributed by atoms with Gasteiger partial charge >= 0.3 is 33.0 Å². The quantitative estimate of drug-likeness (QED) is 0.472. The van der Waals surface area contributed by atoms with Crippen LogP contribution in [-0.2, 0) is 20.4 Å². The molecule has 0 aliphatic heterocycles. The molecular formula is F6PRe-. The molecule has 0 aromatic carbocycles. The van der Waals surface area contributed by atoms with E-state index >= 15 is 0 Å². The minimum Gasteiger partial charge on any atom is 0 e. The van der Waals surface area contributed by atoms with Gasteiger partial charge in [-0.25, -0.2) is 0 Å². The van der Waals surface area contributed by atoms with E-state index < -0.39 is 7.81 Å². The summed E-state index contributed by atoms with van der Waals surface area (Å²) < 4.78 is 59.2. The van der Waals surface area contributed by atoms with Crippen molar-refractivity contribution in [2.45, 2.75) is 0 Å². The van der Waals surface area contributed by atoms with Gasteiger partial charge in [0.2, 0.25) is 0 Å². The Labute approximate surface area is 54.1 Å². The SMILES string of the molecule is F[P-](F)(F)(F)(F)F.[Re]. The summed E-state index contributed by atoms with van der Waals surface area (Å²) in [7, 11) is -10.7. The summed E-state index contributed by atoms with van der Waals surface area (Å²) in [5.41, 5.74) is 0. The van der Waals surface area contributed by atoms with E-state index in [1.165, 1.54) is 0 Å². The molecule has 0 fully saturated rings. The third-order valence-corrected chi connectivity index (χ3v) is 0. The summed E-state index contributed by atoms with van der Waals surface area (Å²) in [4.78, 5) is 0. The molecule has 0 rings (SSSR count). The molecule has 55 valence electrons. The summed E-state index contributed by atoms with van der Waals surface area (Å²) >= 11 is 0. The van der Waals surface area contributed by atoms with Crippen LogP contribution in [0.4, 0.5) is 25.2 Å². The Morgan fingerprint density at radius 2 is 0.625 bits per heavy atom. The molecule has 0 saturated heterocycles. The Morgan fingerprint density at radius 3 is 0.625 bits per heavy atom. The van der Waals surface area contributed by atoms with Gasteiger partial charge in [0.25, 0.3) is 0 Å². The largest absolute Gasteiger partial charge is 0 e. The van der Waals surface area contributed by atoms with Gasteiger partial charge in [0.05, 0.1) is 0 Å². The predicted octanol–water partition coefficient (Wildman–Crippen LogP) is 3.38. The summed E-state index contributed by atoms with van der Waals surface area (Å²) in [6.07, 6.45) is 0. The van der Waals surface area contributed by atoms with Crippen molar-refractivity contribution in [1.82, 2.24) is 0 Å². The number of rotatable bonds is 0. The van der Waals surface area contributed by atoms with Crippen LogP contribution >= 0.6 is 7.81 Å². The molecule has 0 atom stereocenters. The van der Waals surface area contributed by atoms with Gasteiger partial charge in [0, 0.05) is 20.4 Å². The van der Waals surface area contributed by atoms with E-state index in [0.29, 0.717) is 0 Å². The molecule has 0 aromatic rings. The van der Waals surface area contributed by atoms with E-state index in [0.717, 1.165) is 0 Å². The molecule has 8 heavy (non-hydrogen) atoms. The predicted molar refractivity (Wildman–Crippen MR) is 13.6 cm³/mol. The number of halogens is 6. The van der Waals surface area contributed by atoms with E-state index in [1.807, 2.05) is 0 Å². The fourth-order valence-electron chi connectivity index (χ4n) is 0. The smallest absolute Gasteiger partial charge is 0 e. The van der Waals surface area contributed by atoms with E-state index in [9.17, 15) is 25.2 Å². The number of hydrogen-bond donors (Lipinski definition) is 0. The second-order valence-electron chi connectivity index (χ2n) is 0.958. The van der Waals surface area contributed by atoms with Gasteiger partial charge in [-0.2, -0.15) is 0 Å². The third-order valence-electron chi connectivity index (χ3n) is 0. The van der Waals surface area contributed by atoms with E-state index in [1.54, 1.807) is 0 Å². The Bertz CT molecular complexity index is 67.1. The second-order valence-corrected chi connectivity index (χ2v) is 2.87. The molecule has 0 nitrogen and oxygen atoms in total. The van der Waals surface area contributed by atoms with Gasteiger partial charge in [0.1, 0.15) is 0 Å². The Morgan fingerprint density at radius 1 is 0.625 bits per heavy atom. The number of hydrogen-bond acceptors (Lipinski definition) is 0. The first-order valence-corrected chi connectivity index (χ1v) is 3.04. The Balaban J connectivity index is 0. The first kappa shape index (κ1) is 11.5. The van der Waals surface area contributed by atoms with Crippen LogP contribution in [0.3, 0.4) is 0 Å². The normalized spacial score (nSPS) is 20.2. The van der Waals surface area contributed by atoms with Crippen molar-refractivity contribution in [1.29, 1.82) is 0 Å². The maximum absolute atomic E-state index is 10.7. The van der Waals surface area contributed by atoms with Crippen LogP contribution in [0.2, 0.25) is 0 Å². The van der Waals surface area contributed by atoms with E-state index in [4.69, 9.17) is 0 Å². The van der Waals surface area contributed by atoms with Gasteiger partial charge in [-0.3, -0.25) is 0 Å². The summed E-state index contributed by atoms with van der Waals surface area (Å²) in [5.74, 6) is 0. The van der Waals surface area contributed by atoms with Gasteiger partial charge in [0.15, 0.2) is 0 Å². The van der Waals surface area contributed by atoms with Crippen molar-refractivity contribution >= 4 is 7.81 Å². The van der Waals surface area contributed by atoms with Crippen LogP contribution in [0.25, 0.3) is 0 Å². The van der Waals surface area contributed by atoms with Crippen LogP contribution in [0.15, 0.2) is 0 Å². The van der Waals surface area contributed by atoms with Gasteiger partial charge in [-0.15, -0.1) is 0 Å². The first-order valence-electron chi connectivity index (χ1n) is 1.01. The topological polar surface area (TPSA) is 0 Å². The summed E-state index contributed by atoms with van der Waals surface area (Å²) in [5, 5.41) is 0. The van der Waals surface area contributed by atoms with Crippen molar-refractivity contribution in [2.24, 2.45) is 0 Å². The molecule has 1 radical (unpaired) electrons. The molecule has 0 N–H and O–H groups in total. The van der Waals surface area contributed by atoms with Crippen molar-refractivity contribution in [2.75, 3.05) is 0 Å². The minimum atomic E-state index is -10.7. The van der Waals surface area contributed by atoms with Crippen LogP contribution in [-0.4, -0.2) is 0 Å². The summed E-state index contributed by atoms with van der Waals surface area (Å²) in [6.45, 7) is 0. The molecule has 0 aromatic heterocycles. The van der Waals surface area contributed by atoms with Crippen molar-refractivity contribution in [3.8, 4) is 0 Å². The standard InChI is InChI=1S/F6P.Re/c1-7(2,3,4,5)6;/q-1;. The third kappa shape index (κ3) is 475. The molecule has 0 aliphatic carbocycles. The zero-order valence-electron chi connectivity index (χ0n) is 3.09. The molecular weight excluding hydrogens is 331 g/mol. The molecule has 0 saturated carbocycles. The van der Waals surface area contributed by atoms with Crippen molar-refractivity contribution < 1.29 is 45.6 Å². The molecule has 0 unspecified atom stereocenters. The Hall–Kier alpha value is 0.672. The molecule has 0 spiro atoms. The molecule has 8 heteroatoms. The van der Waals surface area contributed by atoms with Crippen molar-refractivity contribution in [3.05, 3.63) is 0 Å². The maximum atomic E-state index is 9.87. The molecule has 0 heterocycles. The van der Waals surface area contributed by atoms with Gasteiger partial charge < -0.3 is 0 Å². The Kier molecular flexibility index (Phi) is 1.99. The molecule has 0 bridgehead atoms. The zero-order chi connectivity index (χ0) is 6.41. The molecule has 0 amide bonds. The van der Waals surface area contributed by atoms with Crippen LogP contribution in [0, 0.1) is 0 Å². The average molecular weight is 331 g/mol. The van der Waals surface area contributed by atoms with Gasteiger partial charge in [-0.05, 0) is 0 Å². The van der Waals surface area contributed by atoms with Crippen LogP contribution in [0.5, 0.6) is 0 Å². The average Bonchev–Trinajstić information content (AvgIpc) is 0.592. The van der Waals surface area contributed by atoms with E-state index in [-0.39, 0.29) is 20.4 Å². The maximum Gasteiger partial charge on any atom is 0 e. The molecule has 0 aliphatic rings.